The number of carbonyl (C=O) groups is 2. The molecule has 2 aliphatic rings. The molecule has 1 unspecified atom stereocenters. The SMILES string of the molecule is Cc1nc(C(=O)N2CCC(C(=O)N3N=CCC3c3ccccc3)CC2)cs1. The van der Waals surface area contributed by atoms with Crippen LogP contribution >= 0.6 is 11.3 Å². The average Bonchev–Trinajstić information content (AvgIpc) is 3.37. The van der Waals surface area contributed by atoms with Crippen LogP contribution < -0.4 is 0 Å². The zero-order valence-corrected chi connectivity index (χ0v) is 16.1. The zero-order valence-electron chi connectivity index (χ0n) is 15.2. The van der Waals surface area contributed by atoms with Crippen molar-refractivity contribution >= 4 is 29.4 Å². The number of piperidine rings is 1. The highest BCUT2D eigenvalue weighted by Gasteiger charge is 2.35. The van der Waals surface area contributed by atoms with Gasteiger partial charge >= 0.3 is 0 Å². The maximum absolute atomic E-state index is 13.0. The second kappa shape index (κ2) is 7.60. The molecule has 0 N–H and O–H groups in total. The minimum absolute atomic E-state index is 0.0173. The first kappa shape index (κ1) is 17.9. The van der Waals surface area contributed by atoms with Gasteiger partial charge in [-0.2, -0.15) is 5.10 Å². The van der Waals surface area contributed by atoms with E-state index in [4.69, 9.17) is 0 Å². The Morgan fingerprint density at radius 3 is 2.56 bits per heavy atom. The van der Waals surface area contributed by atoms with E-state index in [2.05, 4.69) is 10.1 Å². The lowest BCUT2D eigenvalue weighted by atomic mass is 9.94. The Morgan fingerprint density at radius 1 is 1.15 bits per heavy atom. The molecule has 0 bridgehead atoms. The monoisotopic (exact) mass is 382 g/mol. The van der Waals surface area contributed by atoms with E-state index in [1.807, 2.05) is 43.5 Å². The Morgan fingerprint density at radius 2 is 1.89 bits per heavy atom. The minimum atomic E-state index is -0.0901. The van der Waals surface area contributed by atoms with Gasteiger partial charge in [-0.05, 0) is 25.3 Å². The van der Waals surface area contributed by atoms with E-state index < -0.39 is 0 Å². The molecule has 140 valence electrons. The Bertz CT molecular complexity index is 856. The number of aromatic nitrogens is 1. The topological polar surface area (TPSA) is 65.9 Å². The number of carbonyl (C=O) groups excluding carboxylic acids is 2. The van der Waals surface area contributed by atoms with Gasteiger partial charge in [-0.1, -0.05) is 30.3 Å². The van der Waals surface area contributed by atoms with Crippen molar-refractivity contribution in [2.24, 2.45) is 11.0 Å². The van der Waals surface area contributed by atoms with Crippen molar-refractivity contribution in [1.29, 1.82) is 0 Å². The lowest BCUT2D eigenvalue weighted by Crippen LogP contribution is -2.43. The van der Waals surface area contributed by atoms with Crippen LogP contribution in [0.1, 0.15) is 46.4 Å². The molecule has 1 atom stereocenters. The third-order valence-electron chi connectivity index (χ3n) is 5.21. The van der Waals surface area contributed by atoms with Crippen molar-refractivity contribution in [3.63, 3.8) is 0 Å². The van der Waals surface area contributed by atoms with E-state index in [-0.39, 0.29) is 23.8 Å². The Hall–Kier alpha value is -2.54. The predicted molar refractivity (Wildman–Crippen MR) is 105 cm³/mol. The molecule has 2 aromatic rings. The van der Waals surface area contributed by atoms with E-state index in [1.165, 1.54) is 11.3 Å². The number of likely N-dealkylation sites (tertiary alicyclic amines) is 1. The molecule has 2 amide bonds. The zero-order chi connectivity index (χ0) is 18.8. The highest BCUT2D eigenvalue weighted by molar-refractivity contribution is 7.09. The molecule has 1 saturated heterocycles. The Labute approximate surface area is 162 Å². The van der Waals surface area contributed by atoms with Crippen LogP contribution in [-0.2, 0) is 4.79 Å². The average molecular weight is 382 g/mol. The second-order valence-corrected chi connectivity index (χ2v) is 8.02. The number of thiazole rings is 1. The standard InChI is InChI=1S/C20H22N4O2S/c1-14-22-17(13-27-14)20(26)23-11-8-16(9-12-23)19(25)24-18(7-10-21-24)15-5-3-2-4-6-15/h2-6,10,13,16,18H,7-9,11-12H2,1H3. The van der Waals surface area contributed by atoms with Crippen LogP contribution in [0.3, 0.4) is 0 Å². The molecule has 27 heavy (non-hydrogen) atoms. The minimum Gasteiger partial charge on any atom is -0.337 e. The summed E-state index contributed by atoms with van der Waals surface area (Å²) in [5, 5.41) is 8.68. The van der Waals surface area contributed by atoms with Gasteiger partial charge in [-0.25, -0.2) is 9.99 Å². The molecule has 6 nitrogen and oxygen atoms in total. The van der Waals surface area contributed by atoms with Crippen LogP contribution in [-0.4, -0.2) is 46.0 Å². The first-order valence-corrected chi connectivity index (χ1v) is 10.1. The number of aryl methyl sites for hydroxylation is 1. The van der Waals surface area contributed by atoms with Gasteiger partial charge in [0, 0.05) is 37.0 Å². The van der Waals surface area contributed by atoms with Gasteiger partial charge in [0.05, 0.1) is 11.0 Å². The molecule has 3 heterocycles. The summed E-state index contributed by atoms with van der Waals surface area (Å²) in [5.41, 5.74) is 1.62. The van der Waals surface area contributed by atoms with Gasteiger partial charge in [-0.3, -0.25) is 9.59 Å². The first-order valence-electron chi connectivity index (χ1n) is 9.25. The molecule has 1 fully saturated rings. The molecule has 7 heteroatoms. The molecular weight excluding hydrogens is 360 g/mol. The highest BCUT2D eigenvalue weighted by Crippen LogP contribution is 2.31. The van der Waals surface area contributed by atoms with Crippen LogP contribution in [0.4, 0.5) is 0 Å². The molecule has 2 aliphatic heterocycles. The summed E-state index contributed by atoms with van der Waals surface area (Å²) in [7, 11) is 0. The van der Waals surface area contributed by atoms with Gasteiger partial charge in [0.25, 0.3) is 5.91 Å². The molecular formula is C20H22N4O2S. The predicted octanol–water partition coefficient (Wildman–Crippen LogP) is 3.26. The van der Waals surface area contributed by atoms with Crippen molar-refractivity contribution in [3.8, 4) is 0 Å². The molecule has 4 rings (SSSR count). The number of amides is 2. The van der Waals surface area contributed by atoms with Crippen LogP contribution in [0, 0.1) is 12.8 Å². The lowest BCUT2D eigenvalue weighted by molar-refractivity contribution is -0.138. The van der Waals surface area contributed by atoms with E-state index in [9.17, 15) is 9.59 Å². The Kier molecular flexibility index (Phi) is 5.03. The third-order valence-corrected chi connectivity index (χ3v) is 5.98. The van der Waals surface area contributed by atoms with Crippen molar-refractivity contribution < 1.29 is 9.59 Å². The first-order chi connectivity index (χ1) is 13.1. The van der Waals surface area contributed by atoms with Crippen LogP contribution in [0.2, 0.25) is 0 Å². The summed E-state index contributed by atoms with van der Waals surface area (Å²) >= 11 is 1.48. The van der Waals surface area contributed by atoms with Gasteiger partial charge in [-0.15, -0.1) is 11.3 Å². The fourth-order valence-corrected chi connectivity index (χ4v) is 4.31. The number of hydrogen-bond acceptors (Lipinski definition) is 5. The summed E-state index contributed by atoms with van der Waals surface area (Å²) < 4.78 is 0. The molecule has 1 aromatic heterocycles. The fourth-order valence-electron chi connectivity index (χ4n) is 3.72. The van der Waals surface area contributed by atoms with Crippen molar-refractivity contribution in [2.75, 3.05) is 13.1 Å². The highest BCUT2D eigenvalue weighted by atomic mass is 32.1. The third kappa shape index (κ3) is 3.64. The van der Waals surface area contributed by atoms with Crippen molar-refractivity contribution in [3.05, 3.63) is 52.0 Å². The number of nitrogens with zero attached hydrogens (tertiary/aromatic N) is 4. The van der Waals surface area contributed by atoms with E-state index in [0.29, 0.717) is 31.6 Å². The fraction of sp³-hybridized carbons (Fsp3) is 0.400. The van der Waals surface area contributed by atoms with Crippen LogP contribution in [0.5, 0.6) is 0 Å². The van der Waals surface area contributed by atoms with Crippen LogP contribution in [0.15, 0.2) is 40.8 Å². The van der Waals surface area contributed by atoms with Gasteiger partial charge in [0.1, 0.15) is 5.69 Å². The van der Waals surface area contributed by atoms with E-state index in [0.717, 1.165) is 17.0 Å². The van der Waals surface area contributed by atoms with Gasteiger partial charge in [0.2, 0.25) is 5.91 Å². The lowest BCUT2D eigenvalue weighted by Gasteiger charge is -2.33. The molecule has 0 spiro atoms. The van der Waals surface area contributed by atoms with Gasteiger partial charge in [0.15, 0.2) is 0 Å². The van der Waals surface area contributed by atoms with E-state index in [1.54, 1.807) is 15.3 Å². The molecule has 0 radical (unpaired) electrons. The van der Waals surface area contributed by atoms with Crippen LogP contribution in [0.25, 0.3) is 0 Å². The van der Waals surface area contributed by atoms with Crippen molar-refractivity contribution in [2.45, 2.75) is 32.2 Å². The summed E-state index contributed by atoms with van der Waals surface area (Å²) in [5.74, 6) is -0.0616. The summed E-state index contributed by atoms with van der Waals surface area (Å²) in [6, 6.07) is 10.0. The molecule has 0 aliphatic carbocycles. The van der Waals surface area contributed by atoms with E-state index >= 15 is 0 Å². The maximum Gasteiger partial charge on any atom is 0.273 e. The number of hydrogen-bond donors (Lipinski definition) is 0. The normalized spacial score (nSPS) is 20.3. The van der Waals surface area contributed by atoms with Crippen molar-refractivity contribution in [1.82, 2.24) is 14.9 Å². The quantitative estimate of drug-likeness (QED) is 0.818. The number of benzene rings is 1. The number of rotatable bonds is 3. The summed E-state index contributed by atoms with van der Waals surface area (Å²) in [6.07, 6.45) is 3.90. The van der Waals surface area contributed by atoms with Gasteiger partial charge < -0.3 is 4.90 Å². The maximum atomic E-state index is 13.0. The summed E-state index contributed by atoms with van der Waals surface area (Å²) in [4.78, 5) is 31.7. The largest absolute Gasteiger partial charge is 0.337 e. The smallest absolute Gasteiger partial charge is 0.273 e. The Balaban J connectivity index is 1.38. The molecule has 0 saturated carbocycles. The molecule has 1 aromatic carbocycles. The number of hydrazone groups is 1. The summed E-state index contributed by atoms with van der Waals surface area (Å²) in [6.45, 7) is 3.06. The second-order valence-electron chi connectivity index (χ2n) is 6.96.